The van der Waals surface area contributed by atoms with Crippen molar-refractivity contribution in [3.05, 3.63) is 42.6 Å². The van der Waals surface area contributed by atoms with Gasteiger partial charge < -0.3 is 20.0 Å². The van der Waals surface area contributed by atoms with Crippen molar-refractivity contribution in [1.82, 2.24) is 20.6 Å². The summed E-state index contributed by atoms with van der Waals surface area (Å²) < 4.78 is 4.87. The molecule has 2 amide bonds. The first kappa shape index (κ1) is 16.9. The van der Waals surface area contributed by atoms with Crippen LogP contribution in [0.4, 0.5) is 5.95 Å². The van der Waals surface area contributed by atoms with Crippen LogP contribution in [0.2, 0.25) is 0 Å². The van der Waals surface area contributed by atoms with E-state index >= 15 is 0 Å². The van der Waals surface area contributed by atoms with Crippen molar-refractivity contribution in [3.63, 3.8) is 0 Å². The third kappa shape index (κ3) is 4.34. The lowest BCUT2D eigenvalue weighted by Gasteiger charge is -2.32. The summed E-state index contributed by atoms with van der Waals surface area (Å²) >= 11 is 0. The highest BCUT2D eigenvalue weighted by atomic mass is 16.3. The van der Waals surface area contributed by atoms with Gasteiger partial charge in [0.25, 0.3) is 5.91 Å². The second kappa shape index (κ2) is 7.78. The number of carbonyl (C=O) groups is 2. The van der Waals surface area contributed by atoms with Crippen molar-refractivity contribution in [2.75, 3.05) is 18.0 Å². The molecule has 0 aliphatic carbocycles. The van der Waals surface area contributed by atoms with Crippen LogP contribution >= 0.6 is 0 Å². The first-order valence-electron chi connectivity index (χ1n) is 8.29. The summed E-state index contributed by atoms with van der Waals surface area (Å²) in [5, 5.41) is 5.66. The van der Waals surface area contributed by atoms with Gasteiger partial charge in [-0.25, -0.2) is 9.97 Å². The molecule has 2 aromatic rings. The third-order valence-electron chi connectivity index (χ3n) is 4.20. The number of amides is 2. The Morgan fingerprint density at radius 2 is 2.00 bits per heavy atom. The van der Waals surface area contributed by atoms with Crippen molar-refractivity contribution in [3.8, 4) is 0 Å². The molecule has 1 aliphatic rings. The number of furan rings is 1. The quantitative estimate of drug-likeness (QED) is 0.839. The second-order valence-corrected chi connectivity index (χ2v) is 6.03. The van der Waals surface area contributed by atoms with Crippen LogP contribution in [0.15, 0.2) is 41.5 Å². The van der Waals surface area contributed by atoms with Crippen LogP contribution in [0.3, 0.4) is 0 Å². The van der Waals surface area contributed by atoms with Crippen molar-refractivity contribution in [2.45, 2.75) is 31.8 Å². The fraction of sp³-hybridized carbons (Fsp3) is 0.412. The highest BCUT2D eigenvalue weighted by Gasteiger charge is 2.24. The average molecular weight is 343 g/mol. The van der Waals surface area contributed by atoms with Crippen molar-refractivity contribution < 1.29 is 14.0 Å². The summed E-state index contributed by atoms with van der Waals surface area (Å²) in [7, 11) is 0. The number of hydrogen-bond acceptors (Lipinski definition) is 6. The van der Waals surface area contributed by atoms with E-state index in [1.165, 1.54) is 12.5 Å². The normalized spacial score (nSPS) is 16.3. The first-order chi connectivity index (χ1) is 12.1. The lowest BCUT2D eigenvalue weighted by Crippen LogP contribution is -2.51. The van der Waals surface area contributed by atoms with E-state index in [4.69, 9.17) is 4.42 Å². The number of anilines is 1. The fourth-order valence-corrected chi connectivity index (χ4v) is 2.74. The summed E-state index contributed by atoms with van der Waals surface area (Å²) in [4.78, 5) is 34.8. The van der Waals surface area contributed by atoms with Crippen LogP contribution in [0.1, 0.15) is 30.1 Å². The fourth-order valence-electron chi connectivity index (χ4n) is 2.74. The summed E-state index contributed by atoms with van der Waals surface area (Å²) in [5.74, 6) is 0.201. The molecule has 25 heavy (non-hydrogen) atoms. The van der Waals surface area contributed by atoms with Crippen LogP contribution in [-0.2, 0) is 4.79 Å². The first-order valence-corrected chi connectivity index (χ1v) is 8.29. The Kier molecular flexibility index (Phi) is 5.27. The summed E-state index contributed by atoms with van der Waals surface area (Å²) in [5.41, 5.74) is 0.399. The molecule has 2 N–H and O–H groups in total. The SMILES string of the molecule is C[C@@H](NC(=O)c1ccoc1)C(=O)NC1CCN(c2ncccn2)CC1. The van der Waals surface area contributed by atoms with Gasteiger partial charge in [0.1, 0.15) is 12.3 Å². The van der Waals surface area contributed by atoms with Crippen LogP contribution in [0.5, 0.6) is 0 Å². The van der Waals surface area contributed by atoms with Crippen LogP contribution < -0.4 is 15.5 Å². The molecule has 1 atom stereocenters. The zero-order valence-electron chi connectivity index (χ0n) is 14.0. The molecule has 0 aromatic carbocycles. The third-order valence-corrected chi connectivity index (χ3v) is 4.20. The molecule has 0 saturated carbocycles. The van der Waals surface area contributed by atoms with Gasteiger partial charge in [-0.2, -0.15) is 0 Å². The summed E-state index contributed by atoms with van der Waals surface area (Å²) in [6, 6.07) is 2.82. The largest absolute Gasteiger partial charge is 0.472 e. The van der Waals surface area contributed by atoms with Crippen molar-refractivity contribution >= 4 is 17.8 Å². The van der Waals surface area contributed by atoms with Gasteiger partial charge in [0.05, 0.1) is 11.8 Å². The van der Waals surface area contributed by atoms with E-state index in [0.717, 1.165) is 25.9 Å². The molecule has 8 heteroatoms. The van der Waals surface area contributed by atoms with Crippen LogP contribution in [0.25, 0.3) is 0 Å². The van der Waals surface area contributed by atoms with E-state index in [2.05, 4.69) is 25.5 Å². The van der Waals surface area contributed by atoms with E-state index in [0.29, 0.717) is 11.5 Å². The van der Waals surface area contributed by atoms with Crippen LogP contribution in [0, 0.1) is 0 Å². The summed E-state index contributed by atoms with van der Waals surface area (Å²) in [6.45, 7) is 3.23. The van der Waals surface area contributed by atoms with Gasteiger partial charge >= 0.3 is 0 Å². The Bertz CT molecular complexity index is 696. The van der Waals surface area contributed by atoms with Crippen LogP contribution in [-0.4, -0.2) is 47.0 Å². The molecular formula is C17H21N5O3. The Morgan fingerprint density at radius 1 is 1.28 bits per heavy atom. The van der Waals surface area contributed by atoms with E-state index in [1.54, 1.807) is 31.5 Å². The Hall–Kier alpha value is -2.90. The molecule has 0 spiro atoms. The molecule has 0 unspecified atom stereocenters. The predicted octanol–water partition coefficient (Wildman–Crippen LogP) is 0.973. The Labute approximate surface area is 145 Å². The highest BCUT2D eigenvalue weighted by Crippen LogP contribution is 2.15. The minimum atomic E-state index is -0.613. The van der Waals surface area contributed by atoms with Gasteiger partial charge in [-0.1, -0.05) is 0 Å². The Morgan fingerprint density at radius 3 is 2.64 bits per heavy atom. The van der Waals surface area contributed by atoms with Gasteiger partial charge in [0.2, 0.25) is 11.9 Å². The number of piperidine rings is 1. The minimum absolute atomic E-state index is 0.0840. The molecule has 8 nitrogen and oxygen atoms in total. The molecular weight excluding hydrogens is 322 g/mol. The standard InChI is InChI=1S/C17H21N5O3/c1-12(20-16(24)13-5-10-25-11-13)15(23)21-14-3-8-22(9-4-14)17-18-6-2-7-19-17/h2,5-7,10-12,14H,3-4,8-9H2,1H3,(H,20,24)(H,21,23)/t12-/m1/s1. The molecule has 0 radical (unpaired) electrons. The lowest BCUT2D eigenvalue weighted by atomic mass is 10.0. The molecule has 132 valence electrons. The molecule has 0 bridgehead atoms. The molecule has 1 aliphatic heterocycles. The topological polar surface area (TPSA) is 100 Å². The van der Waals surface area contributed by atoms with E-state index in [1.807, 2.05) is 0 Å². The highest BCUT2D eigenvalue weighted by molar-refractivity contribution is 5.97. The van der Waals surface area contributed by atoms with E-state index in [-0.39, 0.29) is 17.9 Å². The number of carbonyl (C=O) groups excluding carboxylic acids is 2. The molecule has 2 aromatic heterocycles. The number of nitrogens with zero attached hydrogens (tertiary/aromatic N) is 3. The van der Waals surface area contributed by atoms with E-state index < -0.39 is 6.04 Å². The van der Waals surface area contributed by atoms with Crippen molar-refractivity contribution in [1.29, 1.82) is 0 Å². The van der Waals surface area contributed by atoms with Gasteiger partial charge in [0.15, 0.2) is 0 Å². The van der Waals surface area contributed by atoms with Gasteiger partial charge in [-0.3, -0.25) is 9.59 Å². The molecule has 3 heterocycles. The number of rotatable bonds is 5. The maximum absolute atomic E-state index is 12.3. The maximum atomic E-state index is 12.3. The number of aromatic nitrogens is 2. The van der Waals surface area contributed by atoms with E-state index in [9.17, 15) is 9.59 Å². The number of nitrogens with one attached hydrogen (secondary N) is 2. The maximum Gasteiger partial charge on any atom is 0.255 e. The second-order valence-electron chi connectivity index (χ2n) is 6.03. The summed E-state index contributed by atoms with van der Waals surface area (Å²) in [6.07, 6.45) is 7.84. The molecule has 1 saturated heterocycles. The van der Waals surface area contributed by atoms with Crippen molar-refractivity contribution in [2.24, 2.45) is 0 Å². The van der Waals surface area contributed by atoms with Gasteiger partial charge in [-0.05, 0) is 31.9 Å². The zero-order chi connectivity index (χ0) is 17.6. The predicted molar refractivity (Wildman–Crippen MR) is 91.0 cm³/mol. The minimum Gasteiger partial charge on any atom is -0.472 e. The smallest absolute Gasteiger partial charge is 0.255 e. The molecule has 3 rings (SSSR count). The van der Waals surface area contributed by atoms with Gasteiger partial charge in [0, 0.05) is 31.5 Å². The van der Waals surface area contributed by atoms with Gasteiger partial charge in [-0.15, -0.1) is 0 Å². The lowest BCUT2D eigenvalue weighted by molar-refractivity contribution is -0.123. The zero-order valence-corrected chi connectivity index (χ0v) is 14.0. The number of hydrogen-bond donors (Lipinski definition) is 2. The molecule has 1 fully saturated rings. The average Bonchev–Trinajstić information content (AvgIpc) is 3.18. The monoisotopic (exact) mass is 343 g/mol. The Balaban J connectivity index is 1.45.